The number of benzene rings is 1. The summed E-state index contributed by atoms with van der Waals surface area (Å²) in [6, 6.07) is 8.98. The summed E-state index contributed by atoms with van der Waals surface area (Å²) in [7, 11) is -1.89. The minimum Gasteiger partial charge on any atom is -0.495 e. The van der Waals surface area contributed by atoms with Gasteiger partial charge in [0, 0.05) is 19.3 Å². The molecule has 6 nitrogen and oxygen atoms in total. The molecule has 0 aliphatic heterocycles. The second kappa shape index (κ2) is 7.63. The van der Waals surface area contributed by atoms with Gasteiger partial charge in [0.2, 0.25) is 10.0 Å². The standard InChI is InChI=1S/C17H23N3O3S/c1-5-20(6-2)24(21,22)14-8-10-17(18-12-14)19-15-11-13(3)7-9-16(15)23-4/h7-12H,5-6H2,1-4H3,(H,18,19). The highest BCUT2D eigenvalue weighted by molar-refractivity contribution is 7.89. The van der Waals surface area contributed by atoms with Crippen molar-refractivity contribution in [2.24, 2.45) is 0 Å². The van der Waals surface area contributed by atoms with Gasteiger partial charge in [0.05, 0.1) is 12.8 Å². The average molecular weight is 349 g/mol. The Morgan fingerprint density at radius 1 is 1.17 bits per heavy atom. The Labute approximate surface area is 143 Å². The van der Waals surface area contributed by atoms with Crippen LogP contribution in [0.25, 0.3) is 0 Å². The first-order valence-electron chi connectivity index (χ1n) is 7.80. The first kappa shape index (κ1) is 18.2. The van der Waals surface area contributed by atoms with Crippen LogP contribution in [0.4, 0.5) is 11.5 Å². The number of aryl methyl sites for hydroxylation is 1. The van der Waals surface area contributed by atoms with Crippen molar-refractivity contribution < 1.29 is 13.2 Å². The number of sulfonamides is 1. The van der Waals surface area contributed by atoms with Gasteiger partial charge < -0.3 is 10.1 Å². The minimum atomic E-state index is -3.49. The largest absolute Gasteiger partial charge is 0.495 e. The van der Waals surface area contributed by atoms with Crippen molar-refractivity contribution in [1.82, 2.24) is 9.29 Å². The Balaban J connectivity index is 2.26. The first-order chi connectivity index (χ1) is 11.4. The Morgan fingerprint density at radius 2 is 1.88 bits per heavy atom. The minimum absolute atomic E-state index is 0.188. The summed E-state index contributed by atoms with van der Waals surface area (Å²) < 4.78 is 31.6. The zero-order valence-electron chi connectivity index (χ0n) is 14.4. The van der Waals surface area contributed by atoms with Crippen molar-refractivity contribution >= 4 is 21.5 Å². The maximum absolute atomic E-state index is 12.5. The summed E-state index contributed by atoms with van der Waals surface area (Å²) in [6.45, 7) is 6.47. The van der Waals surface area contributed by atoms with Gasteiger partial charge in [-0.3, -0.25) is 0 Å². The Hall–Kier alpha value is -2.12. The van der Waals surface area contributed by atoms with Crippen LogP contribution in [0.3, 0.4) is 0 Å². The summed E-state index contributed by atoms with van der Waals surface area (Å²) in [5, 5.41) is 3.16. The Morgan fingerprint density at radius 3 is 2.42 bits per heavy atom. The summed E-state index contributed by atoms with van der Waals surface area (Å²) in [5.74, 6) is 1.25. The van der Waals surface area contributed by atoms with E-state index in [4.69, 9.17) is 4.74 Å². The molecule has 0 aliphatic rings. The maximum atomic E-state index is 12.5. The van der Waals surface area contributed by atoms with Gasteiger partial charge in [0.25, 0.3) is 0 Å². The van der Waals surface area contributed by atoms with E-state index in [2.05, 4.69) is 10.3 Å². The van der Waals surface area contributed by atoms with Gasteiger partial charge in [-0.25, -0.2) is 13.4 Å². The van der Waals surface area contributed by atoms with E-state index in [9.17, 15) is 8.42 Å². The number of nitrogens with zero attached hydrogens (tertiary/aromatic N) is 2. The molecule has 1 aromatic carbocycles. The zero-order chi connectivity index (χ0) is 17.7. The summed E-state index contributed by atoms with van der Waals surface area (Å²) in [4.78, 5) is 4.41. The number of aromatic nitrogens is 1. The molecule has 0 amide bonds. The lowest BCUT2D eigenvalue weighted by Crippen LogP contribution is -2.30. The number of pyridine rings is 1. The third-order valence-electron chi connectivity index (χ3n) is 3.70. The van der Waals surface area contributed by atoms with E-state index in [1.165, 1.54) is 10.5 Å². The van der Waals surface area contributed by atoms with Gasteiger partial charge in [-0.15, -0.1) is 0 Å². The van der Waals surface area contributed by atoms with E-state index in [0.29, 0.717) is 24.7 Å². The quantitative estimate of drug-likeness (QED) is 0.831. The molecule has 1 N–H and O–H groups in total. The first-order valence-corrected chi connectivity index (χ1v) is 9.24. The van der Waals surface area contributed by atoms with Crippen LogP contribution in [0.5, 0.6) is 5.75 Å². The highest BCUT2D eigenvalue weighted by Crippen LogP contribution is 2.28. The molecule has 0 atom stereocenters. The van der Waals surface area contributed by atoms with Crippen molar-refractivity contribution in [2.45, 2.75) is 25.7 Å². The normalized spacial score (nSPS) is 11.5. The van der Waals surface area contributed by atoms with Gasteiger partial charge in [-0.05, 0) is 36.8 Å². The molecule has 0 aliphatic carbocycles. The smallest absolute Gasteiger partial charge is 0.244 e. The molecule has 2 aromatic rings. The second-order valence-corrected chi connectivity index (χ2v) is 7.24. The van der Waals surface area contributed by atoms with Gasteiger partial charge in [0.1, 0.15) is 16.5 Å². The lowest BCUT2D eigenvalue weighted by atomic mass is 10.2. The van der Waals surface area contributed by atoms with Crippen molar-refractivity contribution in [3.05, 3.63) is 42.1 Å². The molecule has 0 saturated carbocycles. The molecule has 0 radical (unpaired) electrons. The van der Waals surface area contributed by atoms with Crippen LogP contribution in [-0.4, -0.2) is 37.9 Å². The fourth-order valence-corrected chi connectivity index (χ4v) is 3.78. The molecule has 0 bridgehead atoms. The fourth-order valence-electron chi connectivity index (χ4n) is 2.38. The summed E-state index contributed by atoms with van der Waals surface area (Å²) in [5.41, 5.74) is 1.86. The lowest BCUT2D eigenvalue weighted by Gasteiger charge is -2.18. The number of ether oxygens (including phenoxy) is 1. The van der Waals surface area contributed by atoms with Crippen LogP contribution in [0.2, 0.25) is 0 Å². The number of hydrogen-bond acceptors (Lipinski definition) is 5. The second-order valence-electron chi connectivity index (χ2n) is 5.30. The fraction of sp³-hybridized carbons (Fsp3) is 0.353. The molecule has 0 saturated heterocycles. The molecule has 1 heterocycles. The van der Waals surface area contributed by atoms with Gasteiger partial charge in [-0.2, -0.15) is 4.31 Å². The van der Waals surface area contributed by atoms with Gasteiger partial charge in [-0.1, -0.05) is 19.9 Å². The summed E-state index contributed by atoms with van der Waals surface area (Å²) in [6.07, 6.45) is 1.37. The topological polar surface area (TPSA) is 71.5 Å². The molecule has 130 valence electrons. The van der Waals surface area contributed by atoms with Crippen LogP contribution >= 0.6 is 0 Å². The molecular weight excluding hydrogens is 326 g/mol. The van der Waals surface area contributed by atoms with Crippen LogP contribution in [0.1, 0.15) is 19.4 Å². The molecule has 7 heteroatoms. The van der Waals surface area contributed by atoms with E-state index < -0.39 is 10.0 Å². The molecular formula is C17H23N3O3S. The van der Waals surface area contributed by atoms with Crippen LogP contribution < -0.4 is 10.1 Å². The van der Waals surface area contributed by atoms with E-state index >= 15 is 0 Å². The van der Waals surface area contributed by atoms with Crippen molar-refractivity contribution in [2.75, 3.05) is 25.5 Å². The predicted octanol–water partition coefficient (Wildman–Crippen LogP) is 3.17. The lowest BCUT2D eigenvalue weighted by molar-refractivity contribution is 0.416. The van der Waals surface area contributed by atoms with Gasteiger partial charge >= 0.3 is 0 Å². The molecule has 0 fully saturated rings. The molecule has 1 aromatic heterocycles. The van der Waals surface area contributed by atoms with Crippen LogP contribution in [0, 0.1) is 6.92 Å². The zero-order valence-corrected chi connectivity index (χ0v) is 15.2. The van der Waals surface area contributed by atoms with E-state index in [0.717, 1.165) is 11.3 Å². The number of methoxy groups -OCH3 is 1. The molecule has 0 spiro atoms. The SMILES string of the molecule is CCN(CC)S(=O)(=O)c1ccc(Nc2cc(C)ccc2OC)nc1. The highest BCUT2D eigenvalue weighted by atomic mass is 32.2. The Bertz CT molecular complexity index is 785. The van der Waals surface area contributed by atoms with Crippen molar-refractivity contribution in [3.63, 3.8) is 0 Å². The summed E-state index contributed by atoms with van der Waals surface area (Å²) >= 11 is 0. The third kappa shape index (κ3) is 3.85. The monoisotopic (exact) mass is 349 g/mol. The van der Waals surface area contributed by atoms with E-state index in [1.54, 1.807) is 19.2 Å². The van der Waals surface area contributed by atoms with E-state index in [-0.39, 0.29) is 4.90 Å². The number of nitrogens with one attached hydrogen (secondary N) is 1. The number of hydrogen-bond donors (Lipinski definition) is 1. The van der Waals surface area contributed by atoms with Crippen LogP contribution in [0.15, 0.2) is 41.4 Å². The van der Waals surface area contributed by atoms with Crippen molar-refractivity contribution in [3.8, 4) is 5.75 Å². The van der Waals surface area contributed by atoms with Crippen LogP contribution in [-0.2, 0) is 10.0 Å². The van der Waals surface area contributed by atoms with Gasteiger partial charge in [0.15, 0.2) is 0 Å². The third-order valence-corrected chi connectivity index (χ3v) is 5.73. The molecule has 0 unspecified atom stereocenters. The number of anilines is 2. The highest BCUT2D eigenvalue weighted by Gasteiger charge is 2.21. The predicted molar refractivity (Wildman–Crippen MR) is 95.4 cm³/mol. The molecule has 2 rings (SSSR count). The molecule has 24 heavy (non-hydrogen) atoms. The maximum Gasteiger partial charge on any atom is 0.244 e. The number of rotatable bonds is 7. The van der Waals surface area contributed by atoms with E-state index in [1.807, 2.05) is 39.0 Å². The average Bonchev–Trinajstić information content (AvgIpc) is 2.56. The van der Waals surface area contributed by atoms with Crippen molar-refractivity contribution in [1.29, 1.82) is 0 Å². The Kier molecular flexibility index (Phi) is 5.80.